The van der Waals surface area contributed by atoms with E-state index in [9.17, 15) is 0 Å². The first-order valence-electron chi connectivity index (χ1n) is 9.54. The van der Waals surface area contributed by atoms with E-state index in [2.05, 4.69) is 82.3 Å². The number of rotatable bonds is 3. The lowest BCUT2D eigenvalue weighted by atomic mass is 9.84. The third-order valence-corrected chi connectivity index (χ3v) is 5.62. The highest BCUT2D eigenvalue weighted by Gasteiger charge is 2.26. The molecule has 28 heavy (non-hydrogen) atoms. The van der Waals surface area contributed by atoms with Gasteiger partial charge in [-0.15, -0.1) is 0 Å². The number of fused-ring (bicyclic) bond motifs is 2. The Labute approximate surface area is 162 Å². The summed E-state index contributed by atoms with van der Waals surface area (Å²) in [6, 6.07) is 15.0. The summed E-state index contributed by atoms with van der Waals surface area (Å²) in [5.41, 5.74) is 6.43. The van der Waals surface area contributed by atoms with Crippen molar-refractivity contribution in [2.75, 3.05) is 0 Å². The van der Waals surface area contributed by atoms with Gasteiger partial charge < -0.3 is 4.98 Å². The van der Waals surface area contributed by atoms with Crippen molar-refractivity contribution in [2.24, 2.45) is 4.99 Å². The Morgan fingerprint density at radius 1 is 0.929 bits per heavy atom. The van der Waals surface area contributed by atoms with Crippen molar-refractivity contribution in [3.8, 4) is 0 Å². The highest BCUT2D eigenvalue weighted by Crippen LogP contribution is 2.30. The maximum absolute atomic E-state index is 5.17. The topological polar surface area (TPSA) is 66.8 Å². The average Bonchev–Trinajstić information content (AvgIpc) is 3.18. The number of imidazole rings is 1. The van der Waals surface area contributed by atoms with Gasteiger partial charge in [0.05, 0.1) is 23.4 Å². The molecule has 1 N–H and O–H groups in total. The first-order valence-corrected chi connectivity index (χ1v) is 9.54. The molecule has 0 aliphatic carbocycles. The van der Waals surface area contributed by atoms with Crippen LogP contribution in [-0.4, -0.2) is 26.0 Å². The molecule has 138 valence electrons. The zero-order chi connectivity index (χ0) is 19.1. The van der Waals surface area contributed by atoms with Crippen LogP contribution in [0.1, 0.15) is 28.3 Å². The monoisotopic (exact) mass is 367 g/mol. The first kappa shape index (κ1) is 16.8. The number of nitrogens with zero attached hydrogens (tertiary/aromatic N) is 4. The number of aromatic amines is 1. The lowest BCUT2D eigenvalue weighted by molar-refractivity contribution is 0.592. The van der Waals surface area contributed by atoms with Gasteiger partial charge >= 0.3 is 0 Å². The Morgan fingerprint density at radius 3 is 2.68 bits per heavy atom. The lowest BCUT2D eigenvalue weighted by Gasteiger charge is -2.26. The Kier molecular flexibility index (Phi) is 4.01. The van der Waals surface area contributed by atoms with Crippen molar-refractivity contribution in [3.05, 3.63) is 88.1 Å². The van der Waals surface area contributed by atoms with E-state index in [1.807, 2.05) is 0 Å². The normalized spacial score (nSPS) is 18.4. The number of aromatic nitrogens is 4. The highest BCUT2D eigenvalue weighted by molar-refractivity contribution is 5.72. The molecule has 3 heterocycles. The van der Waals surface area contributed by atoms with Gasteiger partial charge in [-0.05, 0) is 41.8 Å². The van der Waals surface area contributed by atoms with Crippen molar-refractivity contribution in [1.82, 2.24) is 19.9 Å². The van der Waals surface area contributed by atoms with Crippen LogP contribution in [0.15, 0.2) is 60.1 Å². The second kappa shape index (κ2) is 6.68. The van der Waals surface area contributed by atoms with Crippen LogP contribution in [0, 0.1) is 13.8 Å². The summed E-state index contributed by atoms with van der Waals surface area (Å²) in [5.74, 6) is 0.197. The SMILES string of the molecule is Cc1ccccc1C1C=c2c(C)cccc2=NC1Cc1ncnc2nc[nH]c12. The van der Waals surface area contributed by atoms with Gasteiger partial charge in [0.1, 0.15) is 11.8 Å². The number of H-pyrrole nitrogens is 1. The van der Waals surface area contributed by atoms with Gasteiger partial charge in [-0.3, -0.25) is 4.99 Å². The molecule has 1 aliphatic heterocycles. The average molecular weight is 367 g/mol. The van der Waals surface area contributed by atoms with Gasteiger partial charge in [-0.1, -0.05) is 42.5 Å². The van der Waals surface area contributed by atoms with Crippen LogP contribution in [0.25, 0.3) is 17.2 Å². The van der Waals surface area contributed by atoms with Crippen molar-refractivity contribution in [3.63, 3.8) is 0 Å². The lowest BCUT2D eigenvalue weighted by Crippen LogP contribution is -2.37. The Hall–Kier alpha value is -3.34. The fourth-order valence-electron chi connectivity index (χ4n) is 4.14. The van der Waals surface area contributed by atoms with Crippen LogP contribution in [0.4, 0.5) is 0 Å². The van der Waals surface area contributed by atoms with E-state index in [0.29, 0.717) is 5.65 Å². The van der Waals surface area contributed by atoms with Crippen molar-refractivity contribution in [1.29, 1.82) is 0 Å². The summed E-state index contributed by atoms with van der Waals surface area (Å²) in [5, 5.41) is 2.30. The van der Waals surface area contributed by atoms with Gasteiger partial charge in [0.2, 0.25) is 0 Å². The second-order valence-corrected chi connectivity index (χ2v) is 7.38. The highest BCUT2D eigenvalue weighted by atomic mass is 15.0. The molecular weight excluding hydrogens is 346 g/mol. The summed E-state index contributed by atoms with van der Waals surface area (Å²) < 4.78 is 0. The number of hydrogen-bond donors (Lipinski definition) is 1. The third kappa shape index (κ3) is 2.80. The third-order valence-electron chi connectivity index (χ3n) is 5.62. The summed E-state index contributed by atoms with van der Waals surface area (Å²) in [6.45, 7) is 4.32. The Balaban J connectivity index is 1.67. The second-order valence-electron chi connectivity index (χ2n) is 7.38. The van der Waals surface area contributed by atoms with Crippen molar-refractivity contribution >= 4 is 17.2 Å². The number of nitrogens with one attached hydrogen (secondary N) is 1. The zero-order valence-corrected chi connectivity index (χ0v) is 15.9. The van der Waals surface area contributed by atoms with E-state index in [1.54, 1.807) is 12.7 Å². The van der Waals surface area contributed by atoms with E-state index in [-0.39, 0.29) is 12.0 Å². The molecule has 5 heteroatoms. The molecular formula is C23H21N5. The molecule has 0 amide bonds. The van der Waals surface area contributed by atoms with Crippen LogP contribution in [0.2, 0.25) is 0 Å². The molecule has 0 saturated carbocycles. The van der Waals surface area contributed by atoms with Gasteiger partial charge in [-0.25, -0.2) is 15.0 Å². The summed E-state index contributed by atoms with van der Waals surface area (Å²) >= 11 is 0. The van der Waals surface area contributed by atoms with Gasteiger partial charge in [0, 0.05) is 12.3 Å². The molecule has 0 saturated heterocycles. The Bertz CT molecular complexity index is 1290. The molecule has 5 rings (SSSR count). The van der Waals surface area contributed by atoms with E-state index < -0.39 is 0 Å². The number of hydrogen-bond acceptors (Lipinski definition) is 4. The van der Waals surface area contributed by atoms with E-state index >= 15 is 0 Å². The molecule has 1 aliphatic rings. The molecule has 0 bridgehead atoms. The predicted octanol–water partition coefficient (Wildman–Crippen LogP) is 2.78. The number of aryl methyl sites for hydroxylation is 2. The van der Waals surface area contributed by atoms with Crippen LogP contribution in [0.3, 0.4) is 0 Å². The van der Waals surface area contributed by atoms with Gasteiger partial charge in [0.15, 0.2) is 5.65 Å². The van der Waals surface area contributed by atoms with E-state index in [4.69, 9.17) is 4.99 Å². The van der Waals surface area contributed by atoms with Crippen molar-refractivity contribution < 1.29 is 0 Å². The minimum atomic E-state index is 0.0665. The molecule has 2 aromatic carbocycles. The smallest absolute Gasteiger partial charge is 0.180 e. The zero-order valence-electron chi connectivity index (χ0n) is 15.9. The molecule has 0 fully saturated rings. The van der Waals surface area contributed by atoms with E-state index in [0.717, 1.165) is 23.0 Å². The molecule has 2 unspecified atom stereocenters. The number of benzene rings is 2. The largest absolute Gasteiger partial charge is 0.342 e. The standard InChI is InChI=1S/C23H21N5/c1-14-6-3-4-8-16(14)18-10-17-15(2)7-5-9-19(17)28-20(18)11-21-22-23(26-12-24-21)27-13-25-22/h3-10,12-13,18,20H,11H2,1-2H3,(H,24,25,26,27). The van der Waals surface area contributed by atoms with Crippen LogP contribution < -0.4 is 10.6 Å². The fraction of sp³-hybridized carbons (Fsp3) is 0.217. The maximum atomic E-state index is 5.17. The van der Waals surface area contributed by atoms with Crippen LogP contribution in [0.5, 0.6) is 0 Å². The molecule has 2 aromatic heterocycles. The Morgan fingerprint density at radius 2 is 1.79 bits per heavy atom. The fourth-order valence-corrected chi connectivity index (χ4v) is 4.14. The van der Waals surface area contributed by atoms with Crippen LogP contribution in [-0.2, 0) is 6.42 Å². The minimum Gasteiger partial charge on any atom is -0.342 e. The van der Waals surface area contributed by atoms with Crippen LogP contribution >= 0.6 is 0 Å². The summed E-state index contributed by atoms with van der Waals surface area (Å²) in [7, 11) is 0. The van der Waals surface area contributed by atoms with Gasteiger partial charge in [0.25, 0.3) is 0 Å². The van der Waals surface area contributed by atoms with Gasteiger partial charge in [-0.2, -0.15) is 0 Å². The minimum absolute atomic E-state index is 0.0665. The predicted molar refractivity (Wildman–Crippen MR) is 110 cm³/mol. The summed E-state index contributed by atoms with van der Waals surface area (Å²) in [6.07, 6.45) is 6.37. The summed E-state index contributed by atoms with van der Waals surface area (Å²) in [4.78, 5) is 21.4. The quantitative estimate of drug-likeness (QED) is 0.605. The molecule has 4 aromatic rings. The first-order chi connectivity index (χ1) is 13.7. The molecule has 2 atom stereocenters. The van der Waals surface area contributed by atoms with E-state index in [1.165, 1.54) is 21.9 Å². The maximum Gasteiger partial charge on any atom is 0.180 e. The molecule has 0 radical (unpaired) electrons. The molecule has 5 nitrogen and oxygen atoms in total. The molecule has 0 spiro atoms. The van der Waals surface area contributed by atoms with Crippen molar-refractivity contribution in [2.45, 2.75) is 32.2 Å².